The van der Waals surface area contributed by atoms with Crippen molar-refractivity contribution in [1.82, 2.24) is 10.2 Å². The Hall–Kier alpha value is -1.95. The lowest BCUT2D eigenvalue weighted by molar-refractivity contribution is -0.148. The second-order valence-corrected chi connectivity index (χ2v) is 9.80. The molecule has 6 heteroatoms. The first-order valence-electron chi connectivity index (χ1n) is 11.0. The summed E-state index contributed by atoms with van der Waals surface area (Å²) >= 11 is 0. The third kappa shape index (κ3) is 3.56. The monoisotopic (exact) mass is 400 g/mol. The zero-order chi connectivity index (χ0) is 20.2. The highest BCUT2D eigenvalue weighted by Crippen LogP contribution is 2.55. The zero-order valence-corrected chi connectivity index (χ0v) is 16.6. The van der Waals surface area contributed by atoms with Gasteiger partial charge in [0.2, 0.25) is 5.91 Å². The smallest absolute Gasteiger partial charge is 0.253 e. The molecule has 0 radical (unpaired) electrons. The molecular weight excluding hydrogens is 371 g/mol. The number of likely N-dealkylation sites (tertiary alicyclic amines) is 1. The molecule has 1 aliphatic heterocycles. The summed E-state index contributed by atoms with van der Waals surface area (Å²) in [6.45, 7) is 1.10. The lowest BCUT2D eigenvalue weighted by atomic mass is 9.52. The van der Waals surface area contributed by atoms with E-state index in [0.717, 1.165) is 32.1 Å². The highest BCUT2D eigenvalue weighted by Gasteiger charge is 2.55. The van der Waals surface area contributed by atoms with Gasteiger partial charge in [0, 0.05) is 30.6 Å². The summed E-state index contributed by atoms with van der Waals surface area (Å²) in [6.07, 6.45) is 6.19. The van der Waals surface area contributed by atoms with E-state index >= 15 is 0 Å². The van der Waals surface area contributed by atoms with Gasteiger partial charge in [0.25, 0.3) is 5.91 Å². The first kappa shape index (κ1) is 19.0. The third-order valence-corrected chi connectivity index (χ3v) is 7.79. The van der Waals surface area contributed by atoms with Crippen molar-refractivity contribution in [1.29, 1.82) is 0 Å². The molecule has 2 N–H and O–H groups in total. The molecular formula is C23H29FN2O3. The van der Waals surface area contributed by atoms with Gasteiger partial charge >= 0.3 is 0 Å². The maximum atomic E-state index is 13.1. The van der Waals surface area contributed by atoms with Crippen LogP contribution in [0.25, 0.3) is 0 Å². The number of amides is 2. The van der Waals surface area contributed by atoms with Crippen molar-refractivity contribution in [3.63, 3.8) is 0 Å². The molecule has 1 heterocycles. The predicted octanol–water partition coefficient (Wildman–Crippen LogP) is 2.73. The number of benzene rings is 1. The highest BCUT2D eigenvalue weighted by molar-refractivity contribution is 5.94. The van der Waals surface area contributed by atoms with E-state index in [2.05, 4.69) is 5.32 Å². The van der Waals surface area contributed by atoms with Crippen molar-refractivity contribution in [2.75, 3.05) is 13.1 Å². The highest BCUT2D eigenvalue weighted by atomic mass is 19.1. The second kappa shape index (κ2) is 7.08. The Morgan fingerprint density at radius 2 is 1.66 bits per heavy atom. The Morgan fingerprint density at radius 1 is 1.03 bits per heavy atom. The van der Waals surface area contributed by atoms with Gasteiger partial charge in [0.05, 0.1) is 5.60 Å². The van der Waals surface area contributed by atoms with Crippen LogP contribution in [0.4, 0.5) is 4.39 Å². The minimum Gasteiger partial charge on any atom is -0.390 e. The summed E-state index contributed by atoms with van der Waals surface area (Å²) in [4.78, 5) is 27.3. The quantitative estimate of drug-likeness (QED) is 0.820. The van der Waals surface area contributed by atoms with Crippen LogP contribution in [0.5, 0.6) is 0 Å². The molecule has 5 fully saturated rings. The number of halogens is 1. The van der Waals surface area contributed by atoms with Crippen molar-refractivity contribution >= 4 is 11.8 Å². The molecule has 4 aliphatic carbocycles. The number of rotatable bonds is 3. The third-order valence-electron chi connectivity index (χ3n) is 7.79. The molecule has 5 nitrogen and oxygen atoms in total. The van der Waals surface area contributed by atoms with Crippen LogP contribution in [0.15, 0.2) is 24.3 Å². The van der Waals surface area contributed by atoms with Crippen molar-refractivity contribution in [3.05, 3.63) is 35.6 Å². The maximum absolute atomic E-state index is 13.1. The molecule has 0 aromatic heterocycles. The molecule has 2 unspecified atom stereocenters. The Morgan fingerprint density at radius 3 is 2.24 bits per heavy atom. The van der Waals surface area contributed by atoms with Gasteiger partial charge in [0.1, 0.15) is 5.82 Å². The van der Waals surface area contributed by atoms with Gasteiger partial charge in [-0.15, -0.1) is 0 Å². The van der Waals surface area contributed by atoms with Gasteiger partial charge in [-0.2, -0.15) is 0 Å². The predicted molar refractivity (Wildman–Crippen MR) is 105 cm³/mol. The van der Waals surface area contributed by atoms with Gasteiger partial charge < -0.3 is 15.3 Å². The summed E-state index contributed by atoms with van der Waals surface area (Å²) in [6, 6.07) is 5.83. The largest absolute Gasteiger partial charge is 0.390 e. The molecule has 0 spiro atoms. The van der Waals surface area contributed by atoms with Gasteiger partial charge in [-0.05, 0) is 87.0 Å². The van der Waals surface area contributed by atoms with E-state index in [4.69, 9.17) is 0 Å². The van der Waals surface area contributed by atoms with Crippen molar-refractivity contribution in [2.24, 2.45) is 23.7 Å². The van der Waals surface area contributed by atoms with Crippen LogP contribution in [0.3, 0.4) is 0 Å². The molecule has 5 aliphatic rings. The summed E-state index contributed by atoms with van der Waals surface area (Å²) in [5, 5.41) is 14.1. The molecule has 156 valence electrons. The van der Waals surface area contributed by atoms with Crippen LogP contribution in [-0.4, -0.2) is 46.6 Å². The van der Waals surface area contributed by atoms with E-state index in [1.165, 1.54) is 24.3 Å². The molecule has 1 aromatic rings. The van der Waals surface area contributed by atoms with Gasteiger partial charge in [-0.1, -0.05) is 0 Å². The lowest BCUT2D eigenvalue weighted by Gasteiger charge is -2.58. The number of hydrogen-bond donors (Lipinski definition) is 2. The minimum absolute atomic E-state index is 0.0625. The SMILES string of the molecule is O=C(NC1C2CC3CC1CC(O)(C3)C2)C1CCN(C(=O)c2ccc(F)cc2)CC1. The summed E-state index contributed by atoms with van der Waals surface area (Å²) in [5.74, 6) is 1.06. The van der Waals surface area contributed by atoms with E-state index in [1.54, 1.807) is 4.90 Å². The van der Waals surface area contributed by atoms with Gasteiger partial charge in [0.15, 0.2) is 0 Å². The Kier molecular flexibility index (Phi) is 4.65. The summed E-state index contributed by atoms with van der Waals surface area (Å²) < 4.78 is 13.1. The number of hydrogen-bond acceptors (Lipinski definition) is 3. The topological polar surface area (TPSA) is 69.6 Å². The average Bonchev–Trinajstić information content (AvgIpc) is 2.69. The molecule has 4 saturated carbocycles. The van der Waals surface area contributed by atoms with Crippen LogP contribution in [0.2, 0.25) is 0 Å². The van der Waals surface area contributed by atoms with Crippen LogP contribution in [0.1, 0.15) is 55.3 Å². The standard InChI is InChI=1S/C23H29FN2O3/c24-19-3-1-16(2-4-19)22(28)26-7-5-15(6-8-26)21(27)25-20-17-9-14-10-18(20)13-23(29,11-14)12-17/h1-4,14-15,17-18,20,29H,5-13H2,(H,25,27). The number of carbonyl (C=O) groups excluding carboxylic acids is 2. The Labute approximate surface area is 170 Å². The number of nitrogens with zero attached hydrogens (tertiary/aromatic N) is 1. The Balaban J connectivity index is 1.16. The van der Waals surface area contributed by atoms with E-state index < -0.39 is 5.60 Å². The maximum Gasteiger partial charge on any atom is 0.253 e. The number of carbonyl (C=O) groups is 2. The van der Waals surface area contributed by atoms with Gasteiger partial charge in [-0.3, -0.25) is 9.59 Å². The Bertz CT molecular complexity index is 787. The van der Waals surface area contributed by atoms with E-state index in [-0.39, 0.29) is 29.6 Å². The number of piperidine rings is 1. The number of nitrogens with one attached hydrogen (secondary N) is 1. The number of aliphatic hydroxyl groups is 1. The molecule has 1 aromatic carbocycles. The van der Waals surface area contributed by atoms with E-state index in [1.807, 2.05) is 0 Å². The summed E-state index contributed by atoms with van der Waals surface area (Å²) in [7, 11) is 0. The van der Waals surface area contributed by atoms with Crippen LogP contribution >= 0.6 is 0 Å². The molecule has 1 saturated heterocycles. The molecule has 4 bridgehead atoms. The van der Waals surface area contributed by atoms with Crippen molar-refractivity contribution < 1.29 is 19.1 Å². The molecule has 6 rings (SSSR count). The van der Waals surface area contributed by atoms with Crippen LogP contribution in [-0.2, 0) is 4.79 Å². The zero-order valence-electron chi connectivity index (χ0n) is 16.6. The van der Waals surface area contributed by atoms with Crippen LogP contribution < -0.4 is 5.32 Å². The fourth-order valence-corrected chi connectivity index (χ4v) is 6.62. The molecule has 2 amide bonds. The first-order valence-corrected chi connectivity index (χ1v) is 11.0. The lowest BCUT2D eigenvalue weighted by Crippen LogP contribution is -2.62. The van der Waals surface area contributed by atoms with Crippen molar-refractivity contribution in [2.45, 2.75) is 56.6 Å². The van der Waals surface area contributed by atoms with E-state index in [0.29, 0.717) is 49.2 Å². The normalized spacial score (nSPS) is 36.3. The minimum atomic E-state index is -0.482. The second-order valence-electron chi connectivity index (χ2n) is 9.80. The summed E-state index contributed by atoms with van der Waals surface area (Å²) in [5.41, 5.74) is 0.00452. The fraction of sp³-hybridized carbons (Fsp3) is 0.652. The van der Waals surface area contributed by atoms with Crippen LogP contribution in [0, 0.1) is 29.5 Å². The van der Waals surface area contributed by atoms with Gasteiger partial charge in [-0.25, -0.2) is 4.39 Å². The average molecular weight is 400 g/mol. The molecule has 29 heavy (non-hydrogen) atoms. The first-order chi connectivity index (χ1) is 13.9. The molecule has 2 atom stereocenters. The fourth-order valence-electron chi connectivity index (χ4n) is 6.62. The van der Waals surface area contributed by atoms with Crippen molar-refractivity contribution in [3.8, 4) is 0 Å². The van der Waals surface area contributed by atoms with E-state index in [9.17, 15) is 19.1 Å².